The molecule has 0 unspecified atom stereocenters. The number of rotatable bonds is 5. The van der Waals surface area contributed by atoms with E-state index in [2.05, 4.69) is 5.32 Å². The van der Waals surface area contributed by atoms with Gasteiger partial charge in [-0.1, -0.05) is 59.6 Å². The number of benzene rings is 3. The molecular formula is C25H18ClFN2O4. The van der Waals surface area contributed by atoms with Gasteiger partial charge in [0.05, 0.1) is 10.7 Å². The number of hydrogen-bond donors (Lipinski definition) is 1. The third-order valence-electron chi connectivity index (χ3n) is 4.94. The Morgan fingerprint density at radius 2 is 1.82 bits per heavy atom. The Morgan fingerprint density at radius 3 is 2.55 bits per heavy atom. The van der Waals surface area contributed by atoms with Crippen LogP contribution < -0.4 is 15.0 Å². The highest BCUT2D eigenvalue weighted by Crippen LogP contribution is 2.29. The fourth-order valence-electron chi connectivity index (χ4n) is 3.36. The second kappa shape index (κ2) is 9.26. The summed E-state index contributed by atoms with van der Waals surface area (Å²) in [5.41, 5.74) is 1.95. The summed E-state index contributed by atoms with van der Waals surface area (Å²) >= 11 is 6.33. The lowest BCUT2D eigenvalue weighted by Crippen LogP contribution is -2.54. The maximum Gasteiger partial charge on any atom is 0.336 e. The average Bonchev–Trinajstić information content (AvgIpc) is 2.77. The molecule has 4 amide bonds. The number of amides is 4. The number of barbiturate groups is 1. The van der Waals surface area contributed by atoms with Gasteiger partial charge in [0, 0.05) is 0 Å². The SMILES string of the molecule is Cc1cccc(COc2ccc(/C=C3/C(=O)NC(=O)N(c4ccccc4F)C3=O)cc2Cl)c1. The summed E-state index contributed by atoms with van der Waals surface area (Å²) in [7, 11) is 0. The van der Waals surface area contributed by atoms with Crippen LogP contribution in [-0.2, 0) is 16.2 Å². The van der Waals surface area contributed by atoms with E-state index in [0.29, 0.717) is 22.8 Å². The number of urea groups is 1. The molecule has 1 heterocycles. The van der Waals surface area contributed by atoms with E-state index >= 15 is 0 Å². The first-order valence-electron chi connectivity index (χ1n) is 9.97. The summed E-state index contributed by atoms with van der Waals surface area (Å²) in [4.78, 5) is 38.0. The maximum absolute atomic E-state index is 14.2. The van der Waals surface area contributed by atoms with Crippen molar-refractivity contribution in [2.45, 2.75) is 13.5 Å². The summed E-state index contributed by atoms with van der Waals surface area (Å²) in [6, 6.07) is 16.9. The van der Waals surface area contributed by atoms with Gasteiger partial charge in [-0.25, -0.2) is 14.1 Å². The van der Waals surface area contributed by atoms with Crippen LogP contribution in [0.15, 0.2) is 72.3 Å². The largest absolute Gasteiger partial charge is 0.487 e. The molecule has 0 atom stereocenters. The predicted octanol–water partition coefficient (Wildman–Crippen LogP) is 5.03. The molecule has 3 aromatic rings. The standard InChI is InChI=1S/C25H18ClFN2O4/c1-15-5-4-6-17(11-15)14-33-22-10-9-16(13-19(22)26)12-18-23(30)28-25(32)29(24(18)31)21-8-3-2-7-20(21)27/h2-13H,14H2,1H3,(H,28,30,32)/b18-12-. The first-order chi connectivity index (χ1) is 15.8. The molecule has 0 aliphatic carbocycles. The van der Waals surface area contributed by atoms with Crippen LogP contribution in [0.3, 0.4) is 0 Å². The summed E-state index contributed by atoms with van der Waals surface area (Å²) < 4.78 is 20.0. The van der Waals surface area contributed by atoms with Crippen LogP contribution in [0.1, 0.15) is 16.7 Å². The first-order valence-corrected chi connectivity index (χ1v) is 10.3. The molecule has 0 spiro atoms. The Balaban J connectivity index is 1.57. The number of nitrogens with one attached hydrogen (secondary N) is 1. The Labute approximate surface area is 194 Å². The van der Waals surface area contributed by atoms with E-state index in [1.54, 1.807) is 12.1 Å². The third-order valence-corrected chi connectivity index (χ3v) is 5.23. The van der Waals surface area contributed by atoms with Gasteiger partial charge in [-0.2, -0.15) is 0 Å². The van der Waals surface area contributed by atoms with Crippen molar-refractivity contribution >= 4 is 41.2 Å². The molecule has 1 N–H and O–H groups in total. The zero-order valence-corrected chi connectivity index (χ0v) is 18.2. The van der Waals surface area contributed by atoms with Crippen molar-refractivity contribution in [1.82, 2.24) is 5.32 Å². The number of anilines is 1. The normalized spacial score (nSPS) is 15.1. The fraction of sp³-hybridized carbons (Fsp3) is 0.0800. The van der Waals surface area contributed by atoms with Crippen LogP contribution in [0.2, 0.25) is 5.02 Å². The molecule has 1 aliphatic rings. The molecule has 0 saturated carbocycles. The van der Waals surface area contributed by atoms with Gasteiger partial charge < -0.3 is 4.74 Å². The van der Waals surface area contributed by atoms with Crippen LogP contribution in [0.5, 0.6) is 5.75 Å². The summed E-state index contributed by atoms with van der Waals surface area (Å²) in [6.07, 6.45) is 1.29. The highest BCUT2D eigenvalue weighted by molar-refractivity contribution is 6.39. The summed E-state index contributed by atoms with van der Waals surface area (Å²) in [5.74, 6) is -2.16. The van der Waals surface area contributed by atoms with E-state index in [1.165, 1.54) is 30.3 Å². The Morgan fingerprint density at radius 1 is 1.03 bits per heavy atom. The van der Waals surface area contributed by atoms with Crippen LogP contribution in [0.4, 0.5) is 14.9 Å². The fourth-order valence-corrected chi connectivity index (χ4v) is 3.61. The minimum absolute atomic E-state index is 0.253. The number of carbonyl (C=O) groups is 3. The lowest BCUT2D eigenvalue weighted by atomic mass is 10.1. The lowest BCUT2D eigenvalue weighted by Gasteiger charge is -2.26. The number of para-hydroxylation sites is 1. The van der Waals surface area contributed by atoms with E-state index in [9.17, 15) is 18.8 Å². The Kier molecular flexibility index (Phi) is 6.24. The topological polar surface area (TPSA) is 75.7 Å². The van der Waals surface area contributed by atoms with Crippen LogP contribution in [-0.4, -0.2) is 17.8 Å². The van der Waals surface area contributed by atoms with Gasteiger partial charge in [0.2, 0.25) is 0 Å². The zero-order valence-electron chi connectivity index (χ0n) is 17.5. The van der Waals surface area contributed by atoms with E-state index < -0.39 is 23.7 Å². The second-order valence-corrected chi connectivity index (χ2v) is 7.78. The Bertz CT molecular complexity index is 1310. The highest BCUT2D eigenvalue weighted by atomic mass is 35.5. The minimum atomic E-state index is -1.02. The van der Waals surface area contributed by atoms with Crippen LogP contribution >= 0.6 is 11.6 Å². The molecule has 8 heteroatoms. The first kappa shape index (κ1) is 22.2. The molecule has 1 fully saturated rings. The van der Waals surface area contributed by atoms with Crippen LogP contribution in [0.25, 0.3) is 6.08 Å². The number of nitrogens with zero attached hydrogens (tertiary/aromatic N) is 1. The van der Waals surface area contributed by atoms with Crippen LogP contribution in [0, 0.1) is 12.7 Å². The van der Waals surface area contributed by atoms with Gasteiger partial charge in [-0.05, 0) is 48.4 Å². The number of carbonyl (C=O) groups excluding carboxylic acids is 3. The lowest BCUT2D eigenvalue weighted by molar-refractivity contribution is -0.122. The van der Waals surface area contributed by atoms with Crippen molar-refractivity contribution in [3.63, 3.8) is 0 Å². The minimum Gasteiger partial charge on any atom is -0.487 e. The van der Waals surface area contributed by atoms with Crippen molar-refractivity contribution in [3.05, 3.63) is 99.8 Å². The molecule has 0 radical (unpaired) electrons. The van der Waals surface area contributed by atoms with E-state index in [0.717, 1.165) is 17.2 Å². The molecule has 1 aliphatic heterocycles. The van der Waals surface area contributed by atoms with Crippen molar-refractivity contribution in [1.29, 1.82) is 0 Å². The van der Waals surface area contributed by atoms with Gasteiger partial charge in [0.15, 0.2) is 0 Å². The molecule has 6 nitrogen and oxygen atoms in total. The molecular weight excluding hydrogens is 447 g/mol. The molecule has 0 aromatic heterocycles. The molecule has 166 valence electrons. The zero-order chi connectivity index (χ0) is 23.5. The van der Waals surface area contributed by atoms with Gasteiger partial charge >= 0.3 is 6.03 Å². The van der Waals surface area contributed by atoms with Gasteiger partial charge in [0.25, 0.3) is 11.8 Å². The number of halogens is 2. The third kappa shape index (κ3) is 4.78. The maximum atomic E-state index is 14.2. The van der Waals surface area contributed by atoms with Gasteiger partial charge in [-0.3, -0.25) is 14.9 Å². The average molecular weight is 465 g/mol. The smallest absolute Gasteiger partial charge is 0.336 e. The van der Waals surface area contributed by atoms with Gasteiger partial charge in [0.1, 0.15) is 23.7 Å². The van der Waals surface area contributed by atoms with E-state index in [4.69, 9.17) is 16.3 Å². The number of aryl methyl sites for hydroxylation is 1. The second-order valence-electron chi connectivity index (χ2n) is 7.38. The molecule has 3 aromatic carbocycles. The number of ether oxygens (including phenoxy) is 1. The molecule has 33 heavy (non-hydrogen) atoms. The van der Waals surface area contributed by atoms with Crippen molar-refractivity contribution in [3.8, 4) is 5.75 Å². The molecule has 4 rings (SSSR count). The van der Waals surface area contributed by atoms with Gasteiger partial charge in [-0.15, -0.1) is 0 Å². The highest BCUT2D eigenvalue weighted by Gasteiger charge is 2.37. The molecule has 1 saturated heterocycles. The van der Waals surface area contributed by atoms with Crippen molar-refractivity contribution in [2.24, 2.45) is 0 Å². The summed E-state index contributed by atoms with van der Waals surface area (Å²) in [5, 5.41) is 2.34. The monoisotopic (exact) mass is 464 g/mol. The summed E-state index contributed by atoms with van der Waals surface area (Å²) in [6.45, 7) is 2.31. The van der Waals surface area contributed by atoms with Crippen molar-refractivity contribution in [2.75, 3.05) is 4.90 Å². The molecule has 0 bridgehead atoms. The quantitative estimate of drug-likeness (QED) is 0.424. The predicted molar refractivity (Wildman–Crippen MR) is 122 cm³/mol. The van der Waals surface area contributed by atoms with E-state index in [1.807, 2.05) is 31.2 Å². The van der Waals surface area contributed by atoms with E-state index in [-0.39, 0.29) is 16.3 Å². The number of imide groups is 2. The Hall–Kier alpha value is -3.97. The van der Waals surface area contributed by atoms with Crippen molar-refractivity contribution < 1.29 is 23.5 Å². The number of hydrogen-bond acceptors (Lipinski definition) is 4.